The van der Waals surface area contributed by atoms with Gasteiger partial charge >= 0.3 is 0 Å². The normalized spacial score (nSPS) is 21.5. The lowest BCUT2D eigenvalue weighted by atomic mass is 9.96. The first-order valence-electron chi connectivity index (χ1n) is 8.21. The molecule has 0 aromatic carbocycles. The highest BCUT2D eigenvalue weighted by Gasteiger charge is 2.30. The molecule has 0 fully saturated rings. The zero-order chi connectivity index (χ0) is 15.5. The molecule has 2 aliphatic rings. The van der Waals surface area contributed by atoms with E-state index in [9.17, 15) is 4.79 Å². The minimum absolute atomic E-state index is 0.0380. The van der Waals surface area contributed by atoms with Gasteiger partial charge in [0.1, 0.15) is 5.82 Å². The topological polar surface area (TPSA) is 47.4 Å². The van der Waals surface area contributed by atoms with Crippen molar-refractivity contribution in [2.45, 2.75) is 58.2 Å². The van der Waals surface area contributed by atoms with Crippen molar-refractivity contribution in [2.75, 3.05) is 13.7 Å². The van der Waals surface area contributed by atoms with E-state index in [0.29, 0.717) is 13.0 Å². The van der Waals surface area contributed by atoms with Crippen LogP contribution in [0.5, 0.6) is 0 Å². The average molecular weight is 303 g/mol. The van der Waals surface area contributed by atoms with Gasteiger partial charge in [0.05, 0.1) is 24.5 Å². The Kier molecular flexibility index (Phi) is 4.62. The SMILES string of the molecule is COCc1cnc2n1CCN(C(=O)CC1=CCCCC1)[C@H]2C. The summed E-state index contributed by atoms with van der Waals surface area (Å²) in [6.45, 7) is 4.21. The fraction of sp³-hybridized carbons (Fsp3) is 0.647. The van der Waals surface area contributed by atoms with E-state index in [4.69, 9.17) is 4.74 Å². The molecule has 1 aliphatic heterocycles. The number of carbonyl (C=O) groups excluding carboxylic acids is 1. The quantitative estimate of drug-likeness (QED) is 0.804. The van der Waals surface area contributed by atoms with Gasteiger partial charge in [0, 0.05) is 26.6 Å². The van der Waals surface area contributed by atoms with Crippen molar-refractivity contribution in [3.8, 4) is 0 Å². The number of hydrogen-bond donors (Lipinski definition) is 0. The first-order valence-corrected chi connectivity index (χ1v) is 8.21. The number of aromatic nitrogens is 2. The van der Waals surface area contributed by atoms with Crippen molar-refractivity contribution in [2.24, 2.45) is 0 Å². The number of fused-ring (bicyclic) bond motifs is 1. The fourth-order valence-electron chi connectivity index (χ4n) is 3.52. The third kappa shape index (κ3) is 2.95. The van der Waals surface area contributed by atoms with E-state index in [0.717, 1.165) is 37.4 Å². The highest BCUT2D eigenvalue weighted by molar-refractivity contribution is 5.79. The van der Waals surface area contributed by atoms with Crippen LogP contribution in [-0.4, -0.2) is 34.0 Å². The van der Waals surface area contributed by atoms with Crippen molar-refractivity contribution < 1.29 is 9.53 Å². The second-order valence-electron chi connectivity index (χ2n) is 6.24. The summed E-state index contributed by atoms with van der Waals surface area (Å²) >= 11 is 0. The van der Waals surface area contributed by atoms with Gasteiger partial charge in [-0.05, 0) is 32.6 Å². The molecular formula is C17H25N3O2. The standard InChI is InChI=1S/C17H25N3O2/c1-13-17-18-11-15(12-22-2)20(17)9-8-19(13)16(21)10-14-6-4-3-5-7-14/h6,11,13H,3-5,7-10,12H2,1-2H3/t13-/m0/s1. The molecule has 0 N–H and O–H groups in total. The molecule has 120 valence electrons. The zero-order valence-electron chi connectivity index (χ0n) is 13.5. The highest BCUT2D eigenvalue weighted by Crippen LogP contribution is 2.28. The molecule has 0 spiro atoms. The summed E-state index contributed by atoms with van der Waals surface area (Å²) in [4.78, 5) is 19.1. The number of nitrogens with zero attached hydrogens (tertiary/aromatic N) is 3. The minimum atomic E-state index is 0.0380. The zero-order valence-corrected chi connectivity index (χ0v) is 13.5. The second kappa shape index (κ2) is 6.65. The van der Waals surface area contributed by atoms with Crippen LogP contribution in [0.2, 0.25) is 0 Å². The van der Waals surface area contributed by atoms with E-state index in [-0.39, 0.29) is 11.9 Å². The van der Waals surface area contributed by atoms with Gasteiger partial charge in [-0.1, -0.05) is 11.6 Å². The maximum absolute atomic E-state index is 12.6. The lowest BCUT2D eigenvalue weighted by Gasteiger charge is -2.35. The number of rotatable bonds is 4. The van der Waals surface area contributed by atoms with Gasteiger partial charge < -0.3 is 14.2 Å². The molecule has 22 heavy (non-hydrogen) atoms. The molecule has 3 rings (SSSR count). The molecular weight excluding hydrogens is 278 g/mol. The maximum Gasteiger partial charge on any atom is 0.227 e. The molecule has 0 unspecified atom stereocenters. The number of imidazole rings is 1. The fourth-order valence-corrected chi connectivity index (χ4v) is 3.52. The van der Waals surface area contributed by atoms with Gasteiger partial charge in [0.2, 0.25) is 5.91 Å². The van der Waals surface area contributed by atoms with Crippen molar-refractivity contribution >= 4 is 5.91 Å². The Bertz CT molecular complexity index is 576. The highest BCUT2D eigenvalue weighted by atomic mass is 16.5. The first kappa shape index (κ1) is 15.3. The number of amides is 1. The van der Waals surface area contributed by atoms with Crippen molar-refractivity contribution in [1.29, 1.82) is 0 Å². The third-order valence-corrected chi connectivity index (χ3v) is 4.75. The largest absolute Gasteiger partial charge is 0.378 e. The van der Waals surface area contributed by atoms with E-state index in [2.05, 4.69) is 22.6 Å². The molecule has 0 bridgehead atoms. The van der Waals surface area contributed by atoms with Crippen molar-refractivity contribution in [1.82, 2.24) is 14.5 Å². The van der Waals surface area contributed by atoms with Crippen LogP contribution >= 0.6 is 0 Å². The smallest absolute Gasteiger partial charge is 0.227 e. The maximum atomic E-state index is 12.6. The van der Waals surface area contributed by atoms with Crippen LogP contribution in [-0.2, 0) is 22.7 Å². The number of carbonyl (C=O) groups is 1. The first-order chi connectivity index (χ1) is 10.7. The lowest BCUT2D eigenvalue weighted by Crippen LogP contribution is -2.41. The number of ether oxygens (including phenoxy) is 1. The van der Waals surface area contributed by atoms with Gasteiger partial charge in [-0.2, -0.15) is 0 Å². The summed E-state index contributed by atoms with van der Waals surface area (Å²) in [6.07, 6.45) is 9.40. The summed E-state index contributed by atoms with van der Waals surface area (Å²) < 4.78 is 7.41. The van der Waals surface area contributed by atoms with Gasteiger partial charge in [0.15, 0.2) is 0 Å². The Labute approximate surface area is 132 Å². The molecule has 5 heteroatoms. The third-order valence-electron chi connectivity index (χ3n) is 4.75. The summed E-state index contributed by atoms with van der Waals surface area (Å²) in [5.41, 5.74) is 2.41. The molecule has 5 nitrogen and oxygen atoms in total. The van der Waals surface area contributed by atoms with E-state index >= 15 is 0 Å². The van der Waals surface area contributed by atoms with Crippen molar-refractivity contribution in [3.63, 3.8) is 0 Å². The van der Waals surface area contributed by atoms with Crippen LogP contribution in [0.3, 0.4) is 0 Å². The van der Waals surface area contributed by atoms with Crippen LogP contribution in [0.25, 0.3) is 0 Å². The van der Waals surface area contributed by atoms with E-state index in [1.165, 1.54) is 18.4 Å². The Morgan fingerprint density at radius 1 is 1.41 bits per heavy atom. The van der Waals surface area contributed by atoms with Crippen LogP contribution in [0.4, 0.5) is 0 Å². The number of methoxy groups -OCH3 is 1. The predicted octanol–water partition coefficient (Wildman–Crippen LogP) is 2.82. The Balaban J connectivity index is 1.70. The average Bonchev–Trinajstić information content (AvgIpc) is 2.93. The van der Waals surface area contributed by atoms with Gasteiger partial charge in [-0.3, -0.25) is 4.79 Å². The molecule has 0 radical (unpaired) electrons. The number of hydrogen-bond acceptors (Lipinski definition) is 3. The Morgan fingerprint density at radius 2 is 2.27 bits per heavy atom. The second-order valence-corrected chi connectivity index (χ2v) is 6.24. The van der Waals surface area contributed by atoms with Crippen LogP contribution in [0, 0.1) is 0 Å². The van der Waals surface area contributed by atoms with Gasteiger partial charge in [-0.25, -0.2) is 4.98 Å². The van der Waals surface area contributed by atoms with Crippen molar-refractivity contribution in [3.05, 3.63) is 29.4 Å². The Hall–Kier alpha value is -1.62. The van der Waals surface area contributed by atoms with Gasteiger partial charge in [-0.15, -0.1) is 0 Å². The molecule has 2 heterocycles. The summed E-state index contributed by atoms with van der Waals surface area (Å²) in [7, 11) is 1.69. The van der Waals surface area contributed by atoms with Crippen LogP contribution in [0.1, 0.15) is 56.6 Å². The summed E-state index contributed by atoms with van der Waals surface area (Å²) in [6, 6.07) is 0.0380. The molecule has 0 saturated carbocycles. The summed E-state index contributed by atoms with van der Waals surface area (Å²) in [5.74, 6) is 1.22. The number of allylic oxidation sites excluding steroid dienone is 1. The monoisotopic (exact) mass is 303 g/mol. The Morgan fingerprint density at radius 3 is 3.00 bits per heavy atom. The lowest BCUT2D eigenvalue weighted by molar-refractivity contribution is -0.133. The molecule has 1 aromatic heterocycles. The minimum Gasteiger partial charge on any atom is -0.378 e. The van der Waals surface area contributed by atoms with E-state index < -0.39 is 0 Å². The summed E-state index contributed by atoms with van der Waals surface area (Å²) in [5, 5.41) is 0. The predicted molar refractivity (Wildman–Crippen MR) is 84.2 cm³/mol. The van der Waals surface area contributed by atoms with Crippen LogP contribution in [0.15, 0.2) is 17.8 Å². The molecule has 1 amide bonds. The molecule has 1 atom stereocenters. The molecule has 1 aliphatic carbocycles. The van der Waals surface area contributed by atoms with Gasteiger partial charge in [0.25, 0.3) is 0 Å². The van der Waals surface area contributed by atoms with Crippen LogP contribution < -0.4 is 0 Å². The molecule has 0 saturated heterocycles. The van der Waals surface area contributed by atoms with E-state index in [1.54, 1.807) is 7.11 Å². The van der Waals surface area contributed by atoms with E-state index in [1.807, 2.05) is 11.1 Å². The molecule has 1 aromatic rings.